The highest BCUT2D eigenvalue weighted by atomic mass is 16.5. The third-order valence-corrected chi connectivity index (χ3v) is 2.01. The zero-order chi connectivity index (χ0) is 10.4. The fourth-order valence-corrected chi connectivity index (χ4v) is 1.34. The molecule has 0 saturated carbocycles. The number of ether oxygens (including phenoxy) is 1. The minimum atomic E-state index is 0.146. The first kappa shape index (κ1) is 12.4. The van der Waals surface area contributed by atoms with Crippen LogP contribution in [0.4, 0.5) is 0 Å². The lowest BCUT2D eigenvalue weighted by molar-refractivity contribution is -0.140. The van der Waals surface area contributed by atoms with Crippen molar-refractivity contribution in [3.63, 3.8) is 0 Å². The van der Waals surface area contributed by atoms with Gasteiger partial charge in [-0.15, -0.1) is 0 Å². The molecule has 0 spiro atoms. The molecular formula is C10H21NO2. The van der Waals surface area contributed by atoms with Gasteiger partial charge in [0.05, 0.1) is 18.8 Å². The van der Waals surface area contributed by atoms with E-state index in [1.165, 1.54) is 0 Å². The fourth-order valence-electron chi connectivity index (χ4n) is 1.34. The highest BCUT2D eigenvalue weighted by Gasteiger charge is 2.24. The summed E-state index contributed by atoms with van der Waals surface area (Å²) < 4.78 is 5.38. The van der Waals surface area contributed by atoms with Crippen LogP contribution in [0, 0.1) is 0 Å². The molecule has 3 heteroatoms. The van der Waals surface area contributed by atoms with E-state index in [0.717, 1.165) is 6.54 Å². The number of nitrogens with zero attached hydrogens (tertiary/aromatic N) is 1. The Labute approximate surface area is 81.1 Å². The van der Waals surface area contributed by atoms with Gasteiger partial charge >= 0.3 is 0 Å². The first-order valence-electron chi connectivity index (χ1n) is 5.00. The van der Waals surface area contributed by atoms with Gasteiger partial charge in [-0.1, -0.05) is 13.8 Å². The molecule has 2 atom stereocenters. The van der Waals surface area contributed by atoms with Crippen molar-refractivity contribution in [1.82, 2.24) is 4.90 Å². The van der Waals surface area contributed by atoms with E-state index >= 15 is 0 Å². The second kappa shape index (κ2) is 5.97. The van der Waals surface area contributed by atoms with Crippen molar-refractivity contribution < 1.29 is 9.53 Å². The maximum atomic E-state index is 11.0. The summed E-state index contributed by atoms with van der Waals surface area (Å²) in [5.41, 5.74) is 0. The van der Waals surface area contributed by atoms with Gasteiger partial charge in [0.15, 0.2) is 0 Å². The second-order valence-electron chi connectivity index (χ2n) is 3.16. The van der Waals surface area contributed by atoms with Crippen LogP contribution in [-0.2, 0) is 9.53 Å². The number of morpholine rings is 1. The summed E-state index contributed by atoms with van der Waals surface area (Å²) in [6, 6.07) is 0.240. The molecule has 1 amide bonds. The molecule has 0 radical (unpaired) electrons. The third kappa shape index (κ3) is 3.77. The standard InChI is InChI=1S/C8H15NO2.C2H6/c1-6-5-11-7(2)4-9(6)8(3)10;1-2/h6-7H,4-5H2,1-3H3;1-2H3/t6-,7-;/m0./s1. The van der Waals surface area contributed by atoms with Gasteiger partial charge in [0.25, 0.3) is 0 Å². The highest BCUT2D eigenvalue weighted by molar-refractivity contribution is 5.73. The van der Waals surface area contributed by atoms with E-state index in [9.17, 15) is 4.79 Å². The Morgan fingerprint density at radius 2 is 1.92 bits per heavy atom. The Kier molecular flexibility index (Phi) is 5.71. The summed E-state index contributed by atoms with van der Waals surface area (Å²) >= 11 is 0. The van der Waals surface area contributed by atoms with Gasteiger partial charge in [-0.2, -0.15) is 0 Å². The molecule has 0 N–H and O–H groups in total. The summed E-state index contributed by atoms with van der Waals surface area (Å²) in [5.74, 6) is 0.146. The highest BCUT2D eigenvalue weighted by Crippen LogP contribution is 2.10. The minimum Gasteiger partial charge on any atom is -0.375 e. The van der Waals surface area contributed by atoms with Crippen LogP contribution in [0.15, 0.2) is 0 Å². The molecule has 1 heterocycles. The summed E-state index contributed by atoms with van der Waals surface area (Å²) in [4.78, 5) is 12.9. The van der Waals surface area contributed by atoms with Crippen LogP contribution < -0.4 is 0 Å². The Morgan fingerprint density at radius 1 is 1.38 bits per heavy atom. The predicted molar refractivity (Wildman–Crippen MR) is 53.6 cm³/mol. The quantitative estimate of drug-likeness (QED) is 0.577. The molecule has 0 aliphatic carbocycles. The Bertz CT molecular complexity index is 159. The van der Waals surface area contributed by atoms with Gasteiger partial charge < -0.3 is 9.64 Å². The molecule has 3 nitrogen and oxygen atoms in total. The molecule has 1 fully saturated rings. The maximum absolute atomic E-state index is 11.0. The molecular weight excluding hydrogens is 166 g/mol. The van der Waals surface area contributed by atoms with Crippen LogP contribution in [0.1, 0.15) is 34.6 Å². The molecule has 0 aromatic rings. The van der Waals surface area contributed by atoms with Crippen LogP contribution in [0.5, 0.6) is 0 Å². The molecule has 1 aliphatic heterocycles. The summed E-state index contributed by atoms with van der Waals surface area (Å²) in [7, 11) is 0. The van der Waals surface area contributed by atoms with Crippen molar-refractivity contribution in [1.29, 1.82) is 0 Å². The first-order valence-corrected chi connectivity index (χ1v) is 5.00. The van der Waals surface area contributed by atoms with E-state index < -0.39 is 0 Å². The fraction of sp³-hybridized carbons (Fsp3) is 0.900. The molecule has 1 rings (SSSR count). The van der Waals surface area contributed by atoms with Crippen molar-refractivity contribution in [2.24, 2.45) is 0 Å². The van der Waals surface area contributed by atoms with Crippen molar-refractivity contribution >= 4 is 5.91 Å². The lowest BCUT2D eigenvalue weighted by Crippen LogP contribution is -2.49. The molecule has 13 heavy (non-hydrogen) atoms. The van der Waals surface area contributed by atoms with Gasteiger partial charge in [-0.25, -0.2) is 0 Å². The van der Waals surface area contributed by atoms with Crippen LogP contribution in [0.3, 0.4) is 0 Å². The smallest absolute Gasteiger partial charge is 0.219 e. The molecule has 1 aliphatic rings. The Balaban J connectivity index is 0.000000671. The first-order chi connectivity index (χ1) is 6.11. The third-order valence-electron chi connectivity index (χ3n) is 2.01. The zero-order valence-corrected chi connectivity index (χ0v) is 9.33. The molecule has 0 unspecified atom stereocenters. The van der Waals surface area contributed by atoms with Gasteiger partial charge in [-0.05, 0) is 13.8 Å². The van der Waals surface area contributed by atoms with Gasteiger partial charge in [0.2, 0.25) is 5.91 Å². The second-order valence-corrected chi connectivity index (χ2v) is 3.16. The van der Waals surface area contributed by atoms with Crippen molar-refractivity contribution in [3.8, 4) is 0 Å². The largest absolute Gasteiger partial charge is 0.375 e. The topological polar surface area (TPSA) is 29.5 Å². The van der Waals surface area contributed by atoms with Gasteiger partial charge in [-0.3, -0.25) is 4.79 Å². The predicted octanol–water partition coefficient (Wildman–Crippen LogP) is 1.67. The molecule has 0 bridgehead atoms. The lowest BCUT2D eigenvalue weighted by Gasteiger charge is -2.36. The van der Waals surface area contributed by atoms with E-state index in [2.05, 4.69) is 0 Å². The SMILES string of the molecule is CC.CC(=O)N1C[C@H](C)OC[C@@H]1C. The maximum Gasteiger partial charge on any atom is 0.219 e. The average molecular weight is 187 g/mol. The Morgan fingerprint density at radius 3 is 2.31 bits per heavy atom. The van der Waals surface area contributed by atoms with Crippen LogP contribution in [-0.4, -0.2) is 36.1 Å². The molecule has 0 aromatic heterocycles. The van der Waals surface area contributed by atoms with Crippen LogP contribution in [0.2, 0.25) is 0 Å². The zero-order valence-electron chi connectivity index (χ0n) is 9.33. The molecule has 1 saturated heterocycles. The van der Waals surface area contributed by atoms with E-state index in [-0.39, 0.29) is 18.1 Å². The van der Waals surface area contributed by atoms with Crippen LogP contribution >= 0.6 is 0 Å². The summed E-state index contributed by atoms with van der Waals surface area (Å²) in [6.07, 6.45) is 0.190. The lowest BCUT2D eigenvalue weighted by atomic mass is 10.2. The average Bonchev–Trinajstić information content (AvgIpc) is 2.12. The molecule has 78 valence electrons. The number of hydrogen-bond donors (Lipinski definition) is 0. The Hall–Kier alpha value is -0.570. The van der Waals surface area contributed by atoms with Crippen molar-refractivity contribution in [3.05, 3.63) is 0 Å². The summed E-state index contributed by atoms with van der Waals surface area (Å²) in [6.45, 7) is 11.0. The normalized spacial score (nSPS) is 27.6. The van der Waals surface area contributed by atoms with Gasteiger partial charge in [0, 0.05) is 13.5 Å². The number of hydrogen-bond acceptors (Lipinski definition) is 2. The monoisotopic (exact) mass is 187 g/mol. The van der Waals surface area contributed by atoms with Crippen LogP contribution in [0.25, 0.3) is 0 Å². The van der Waals surface area contributed by atoms with E-state index in [1.807, 2.05) is 32.6 Å². The van der Waals surface area contributed by atoms with E-state index in [0.29, 0.717) is 6.61 Å². The van der Waals surface area contributed by atoms with Crippen molar-refractivity contribution in [2.75, 3.05) is 13.2 Å². The number of carbonyl (C=O) groups excluding carboxylic acids is 1. The summed E-state index contributed by atoms with van der Waals surface area (Å²) in [5, 5.41) is 0. The van der Waals surface area contributed by atoms with Crippen molar-refractivity contribution in [2.45, 2.75) is 46.8 Å². The van der Waals surface area contributed by atoms with E-state index in [1.54, 1.807) is 6.92 Å². The number of carbonyl (C=O) groups is 1. The minimum absolute atomic E-state index is 0.146. The van der Waals surface area contributed by atoms with Gasteiger partial charge in [0.1, 0.15) is 0 Å². The molecule has 0 aromatic carbocycles. The number of amides is 1. The van der Waals surface area contributed by atoms with E-state index in [4.69, 9.17) is 4.74 Å². The number of rotatable bonds is 0.